The minimum Gasteiger partial charge on any atom is -0.466 e. The van der Waals surface area contributed by atoms with Crippen molar-refractivity contribution < 1.29 is 18.8 Å². The fourth-order valence-electron chi connectivity index (χ4n) is 4.75. The summed E-state index contributed by atoms with van der Waals surface area (Å²) in [6.07, 6.45) is 1.92. The fraction of sp³-hybridized carbons (Fsp3) is 0.393. The van der Waals surface area contributed by atoms with Crippen LogP contribution < -0.4 is 4.90 Å². The van der Waals surface area contributed by atoms with Gasteiger partial charge in [-0.3, -0.25) is 9.59 Å². The maximum absolute atomic E-state index is 12.7. The van der Waals surface area contributed by atoms with Crippen molar-refractivity contribution in [3.05, 3.63) is 48.3 Å². The van der Waals surface area contributed by atoms with Crippen LogP contribution in [0.4, 0.5) is 5.82 Å². The molecule has 0 radical (unpaired) electrons. The highest BCUT2D eigenvalue weighted by molar-refractivity contribution is 6.00. The van der Waals surface area contributed by atoms with Crippen LogP contribution in [0, 0.1) is 0 Å². The van der Waals surface area contributed by atoms with Crippen LogP contribution in [-0.2, 0) is 20.7 Å². The first-order valence-electron chi connectivity index (χ1n) is 12.9. The van der Waals surface area contributed by atoms with Gasteiger partial charge in [-0.05, 0) is 30.2 Å². The third kappa shape index (κ3) is 5.26. The number of nitrogens with zero attached hydrogens (tertiary/aromatic N) is 5. The van der Waals surface area contributed by atoms with E-state index in [0.717, 1.165) is 46.2 Å². The van der Waals surface area contributed by atoms with Crippen LogP contribution in [0.25, 0.3) is 33.1 Å². The number of hydrogen-bond donors (Lipinski definition) is 0. The van der Waals surface area contributed by atoms with Crippen LogP contribution >= 0.6 is 0 Å². The number of carbonyl (C=O) groups excluding carboxylic acids is 2. The van der Waals surface area contributed by atoms with Crippen LogP contribution in [-0.4, -0.2) is 64.7 Å². The van der Waals surface area contributed by atoms with Crippen molar-refractivity contribution >= 4 is 39.6 Å². The van der Waals surface area contributed by atoms with Gasteiger partial charge in [0.2, 0.25) is 5.91 Å². The van der Waals surface area contributed by atoms with Crippen LogP contribution in [0.1, 0.15) is 38.9 Å². The third-order valence-electron chi connectivity index (χ3n) is 6.64. The number of aryl methyl sites for hydroxylation is 1. The van der Waals surface area contributed by atoms with Crippen molar-refractivity contribution in [2.75, 3.05) is 37.7 Å². The molecule has 1 aliphatic rings. The molecule has 9 nitrogen and oxygen atoms in total. The molecule has 1 saturated heterocycles. The molecule has 0 saturated carbocycles. The van der Waals surface area contributed by atoms with Gasteiger partial charge in [0, 0.05) is 44.6 Å². The highest BCUT2D eigenvalue weighted by atomic mass is 16.5. The minimum atomic E-state index is -0.338. The van der Waals surface area contributed by atoms with Crippen LogP contribution in [0.3, 0.4) is 0 Å². The van der Waals surface area contributed by atoms with Gasteiger partial charge in [0.1, 0.15) is 22.7 Å². The van der Waals surface area contributed by atoms with Crippen molar-refractivity contribution in [1.29, 1.82) is 0 Å². The van der Waals surface area contributed by atoms with E-state index in [1.54, 1.807) is 11.8 Å². The molecule has 1 fully saturated rings. The number of fused-ring (bicyclic) bond motifs is 2. The van der Waals surface area contributed by atoms with E-state index < -0.39 is 0 Å². The number of hydrogen-bond acceptors (Lipinski definition) is 8. The Balaban J connectivity index is 1.42. The molecular formula is C28H31N5O4. The van der Waals surface area contributed by atoms with E-state index in [4.69, 9.17) is 14.2 Å². The number of amides is 1. The zero-order valence-corrected chi connectivity index (χ0v) is 21.3. The molecule has 1 aliphatic heterocycles. The number of benzene rings is 2. The minimum absolute atomic E-state index is 0.0333. The number of ether oxygens (including phenoxy) is 1. The quantitative estimate of drug-likeness (QED) is 0.328. The van der Waals surface area contributed by atoms with Gasteiger partial charge in [-0.25, -0.2) is 4.98 Å². The zero-order valence-electron chi connectivity index (χ0n) is 21.3. The summed E-state index contributed by atoms with van der Waals surface area (Å²) in [4.78, 5) is 37.9. The highest BCUT2D eigenvalue weighted by Gasteiger charge is 2.27. The second-order valence-corrected chi connectivity index (χ2v) is 9.16. The lowest BCUT2D eigenvalue weighted by Gasteiger charge is -2.35. The second-order valence-electron chi connectivity index (χ2n) is 9.16. The summed E-state index contributed by atoms with van der Waals surface area (Å²) in [5.41, 5.74) is 2.13. The van der Waals surface area contributed by atoms with Crippen LogP contribution in [0.5, 0.6) is 0 Å². The van der Waals surface area contributed by atoms with Gasteiger partial charge in [-0.2, -0.15) is 4.98 Å². The number of carbonyl (C=O) groups is 2. The highest BCUT2D eigenvalue weighted by Crippen LogP contribution is 2.35. The normalized spacial score (nSPS) is 13.9. The molecule has 37 heavy (non-hydrogen) atoms. The van der Waals surface area contributed by atoms with E-state index >= 15 is 0 Å². The van der Waals surface area contributed by atoms with Gasteiger partial charge >= 0.3 is 5.97 Å². The summed E-state index contributed by atoms with van der Waals surface area (Å²) >= 11 is 0. The van der Waals surface area contributed by atoms with E-state index in [1.165, 1.54) is 0 Å². The average Bonchev–Trinajstić information content (AvgIpc) is 3.35. The Morgan fingerprint density at radius 3 is 2.51 bits per heavy atom. The van der Waals surface area contributed by atoms with E-state index in [-0.39, 0.29) is 24.7 Å². The van der Waals surface area contributed by atoms with Crippen molar-refractivity contribution in [2.45, 2.75) is 39.5 Å². The Bertz CT molecular complexity index is 1420. The van der Waals surface area contributed by atoms with Crippen molar-refractivity contribution in [3.8, 4) is 11.3 Å². The molecule has 5 rings (SSSR count). The summed E-state index contributed by atoms with van der Waals surface area (Å²) in [5.74, 6) is 1.14. The topological polar surface area (TPSA) is 102 Å². The predicted molar refractivity (Wildman–Crippen MR) is 141 cm³/mol. The first-order chi connectivity index (χ1) is 18.1. The summed E-state index contributed by atoms with van der Waals surface area (Å²) in [5, 5.41) is 7.48. The molecule has 0 N–H and O–H groups in total. The predicted octanol–water partition coefficient (Wildman–Crippen LogP) is 4.38. The van der Waals surface area contributed by atoms with Crippen molar-refractivity contribution in [1.82, 2.24) is 20.0 Å². The van der Waals surface area contributed by atoms with Gasteiger partial charge in [0.25, 0.3) is 5.71 Å². The Morgan fingerprint density at radius 1 is 0.973 bits per heavy atom. The summed E-state index contributed by atoms with van der Waals surface area (Å²) in [6, 6.07) is 14.4. The fourth-order valence-corrected chi connectivity index (χ4v) is 4.75. The zero-order chi connectivity index (χ0) is 25.8. The average molecular weight is 502 g/mol. The van der Waals surface area contributed by atoms with E-state index in [2.05, 4.69) is 46.2 Å². The van der Waals surface area contributed by atoms with Crippen LogP contribution in [0.2, 0.25) is 0 Å². The maximum atomic E-state index is 12.7. The number of piperazine rings is 1. The SMILES string of the molecule is CCCc1nc(N2CCN(C(=O)CCC(=O)OCC)CC2)c2c(-c3ccc4ccccc4c3)noc2n1. The third-order valence-corrected chi connectivity index (χ3v) is 6.64. The first kappa shape index (κ1) is 24.7. The number of rotatable bonds is 8. The van der Waals surface area contributed by atoms with Gasteiger partial charge in [-0.15, -0.1) is 0 Å². The molecule has 0 atom stereocenters. The number of esters is 1. The standard InChI is InChI=1S/C28H31N5O4/c1-3-7-22-29-27(33-16-14-32(15-17-33)23(34)12-13-24(35)36-4-2)25-26(31-37-28(25)30-22)21-11-10-19-8-5-6-9-20(19)18-21/h5-6,8-11,18H,3-4,7,12-17H2,1-2H3. The Labute approximate surface area is 215 Å². The summed E-state index contributed by atoms with van der Waals surface area (Å²) < 4.78 is 10.7. The first-order valence-corrected chi connectivity index (χ1v) is 12.9. The lowest BCUT2D eigenvalue weighted by molar-refractivity contribution is -0.145. The van der Waals surface area contributed by atoms with Gasteiger partial charge in [0.05, 0.1) is 13.0 Å². The second kappa shape index (κ2) is 10.9. The molecule has 0 aliphatic carbocycles. The molecule has 0 bridgehead atoms. The lowest BCUT2D eigenvalue weighted by atomic mass is 10.0. The Hall–Kier alpha value is -4.01. The van der Waals surface area contributed by atoms with E-state index in [9.17, 15) is 9.59 Å². The molecule has 2 aromatic heterocycles. The van der Waals surface area contributed by atoms with Crippen molar-refractivity contribution in [3.63, 3.8) is 0 Å². The van der Waals surface area contributed by atoms with Gasteiger partial charge < -0.3 is 19.1 Å². The smallest absolute Gasteiger partial charge is 0.306 e. The van der Waals surface area contributed by atoms with Crippen molar-refractivity contribution in [2.24, 2.45) is 0 Å². The molecule has 4 aromatic rings. The summed E-state index contributed by atoms with van der Waals surface area (Å²) in [6.45, 7) is 6.50. The molecule has 192 valence electrons. The van der Waals surface area contributed by atoms with Gasteiger partial charge in [-0.1, -0.05) is 48.5 Å². The molecule has 9 heteroatoms. The molecule has 3 heterocycles. The van der Waals surface area contributed by atoms with Gasteiger partial charge in [0.15, 0.2) is 0 Å². The maximum Gasteiger partial charge on any atom is 0.306 e. The van der Waals surface area contributed by atoms with Crippen LogP contribution in [0.15, 0.2) is 47.0 Å². The molecule has 0 spiro atoms. The Morgan fingerprint density at radius 2 is 1.76 bits per heavy atom. The molecule has 2 aromatic carbocycles. The molecule has 1 amide bonds. The molecular weight excluding hydrogens is 470 g/mol. The summed E-state index contributed by atoms with van der Waals surface area (Å²) in [7, 11) is 0. The van der Waals surface area contributed by atoms with E-state index in [1.807, 2.05) is 18.2 Å². The molecule has 0 unspecified atom stereocenters. The number of anilines is 1. The Kier molecular flexibility index (Phi) is 7.30. The number of aromatic nitrogens is 3. The lowest BCUT2D eigenvalue weighted by Crippen LogP contribution is -2.49. The monoisotopic (exact) mass is 501 g/mol. The van der Waals surface area contributed by atoms with E-state index in [0.29, 0.717) is 44.2 Å². The largest absolute Gasteiger partial charge is 0.466 e.